The van der Waals surface area contributed by atoms with Crippen LogP contribution in [0.1, 0.15) is 72.2 Å². The van der Waals surface area contributed by atoms with Gasteiger partial charge in [0.05, 0.1) is 32.6 Å². The molecule has 25 heteroatoms. The van der Waals surface area contributed by atoms with Crippen molar-refractivity contribution in [3.63, 3.8) is 0 Å². The molecule has 0 aliphatic rings. The van der Waals surface area contributed by atoms with E-state index < -0.39 is 29.5 Å². The topological polar surface area (TPSA) is 201 Å². The van der Waals surface area contributed by atoms with E-state index >= 15 is 0 Å². The largest absolute Gasteiger partial charge is 2.00 e. The summed E-state index contributed by atoms with van der Waals surface area (Å²) in [6, 6.07) is 17.7. The smallest absolute Gasteiger partial charge is 0.870 e. The number of benzene rings is 4. The van der Waals surface area contributed by atoms with Crippen molar-refractivity contribution in [1.82, 2.24) is 18.3 Å². The molecule has 0 saturated heterocycles. The standard InChI is InChI=1S/C17H22FNO4.C13H12FNO3.C11H9BrFNO.C11H10FNO2.C5H11BrO.CH3I.3CH4.2CH3.K.H2O.Pd/c1-5-21-15(22-6-2)10-23-17-13(18)8-7-12-11(3)9-14(20)19(4)16(12)17;1-8-7-11(17)15(2)12-9(8)3-4-10(14)13(12)18-6-5-16;1-6-5-9(15)14(2)11-7(6)3-4-8(13)10(11)12;1-6-5-9(14)13(2)10-7(6)3-4-8(12)11(10)15;1-3-7-5(2)4-6;1-2;;;;;;;;/h7-9,15H,5-6,10H2,1-4H3;3-5,7H,6H2,1-2H3;3-5H,1-2H3;3-5,15H,1-2H3;5H,3-4H2,1-2H3;1H3;3*1H4;2*1H3;;1H2;/q;;;;;;;;;2*-1;+1;;+2/p-1. The number of carbonyl (C=O) groups is 1. The van der Waals surface area contributed by atoms with E-state index in [1.54, 1.807) is 58.3 Å². The predicted octanol–water partition coefficient (Wildman–Crippen LogP) is 11.3. The first-order chi connectivity index (χ1) is 37.9. The van der Waals surface area contributed by atoms with Gasteiger partial charge in [0.1, 0.15) is 19.0 Å². The Hall–Kier alpha value is -3.66. The van der Waals surface area contributed by atoms with E-state index in [1.807, 2.05) is 46.5 Å². The molecule has 8 aromatic rings. The molecule has 0 amide bonds. The molecule has 0 spiro atoms. The Morgan fingerprint density at radius 2 is 0.864 bits per heavy atom. The number of rotatable bonds is 13. The number of alkyl halides is 2. The molecule has 0 aliphatic carbocycles. The van der Waals surface area contributed by atoms with E-state index in [4.69, 9.17) is 23.7 Å². The number of halogens is 7. The SMILES string of the molecule is C.C.C.CCOC(C)CBr.CCOC(COc1c(F)ccc2c(C)cc(=O)n(C)c12)OCC.CI.Cc1cc(=O)n(C)c2c(Br)c(F)ccc12.Cc1cc(=O)n(C)c2c(O)c(F)ccc12.Cc1cc(=O)n(C)c2c(OCC=O)c(F)ccc12.[CH3-].[CH3-].[K+].[OH-].[Pd+2]. The van der Waals surface area contributed by atoms with Crippen molar-refractivity contribution in [1.29, 1.82) is 0 Å². The number of aldehydes is 1. The van der Waals surface area contributed by atoms with E-state index in [1.165, 1.54) is 74.8 Å². The van der Waals surface area contributed by atoms with Crippen molar-refractivity contribution < 1.29 is 128 Å². The molecular weight excluding hydrogens is 1510 g/mol. The summed E-state index contributed by atoms with van der Waals surface area (Å²) >= 11 is 8.61. The van der Waals surface area contributed by atoms with Crippen LogP contribution in [0.4, 0.5) is 17.6 Å². The average molecular weight is 1600 g/mol. The number of fused-ring (bicyclic) bond motifs is 4. The Bertz CT molecular complexity index is 3590. The van der Waals surface area contributed by atoms with Gasteiger partial charge in [0.25, 0.3) is 22.2 Å². The van der Waals surface area contributed by atoms with Crippen molar-refractivity contribution in [2.24, 2.45) is 28.2 Å². The summed E-state index contributed by atoms with van der Waals surface area (Å²) in [5.41, 5.74) is 3.87. The van der Waals surface area contributed by atoms with Crippen LogP contribution in [0, 0.1) is 65.8 Å². The maximum atomic E-state index is 14.3. The minimum atomic E-state index is -0.719. The molecule has 4 aromatic heterocycles. The van der Waals surface area contributed by atoms with Gasteiger partial charge in [-0.15, -0.1) is 0 Å². The number of phenolic OH excluding ortho intramolecular Hbond substituents is 1. The summed E-state index contributed by atoms with van der Waals surface area (Å²) < 4.78 is 86.8. The maximum Gasteiger partial charge on any atom is 2.00 e. The molecule has 1 atom stereocenters. The van der Waals surface area contributed by atoms with Crippen LogP contribution in [-0.4, -0.2) is 90.8 Å². The van der Waals surface area contributed by atoms with Gasteiger partial charge in [-0.05, 0) is 147 Å². The number of ether oxygens (including phenoxy) is 5. The number of aromatic nitrogens is 4. The van der Waals surface area contributed by atoms with Crippen molar-refractivity contribution in [2.75, 3.05) is 43.3 Å². The van der Waals surface area contributed by atoms with Gasteiger partial charge in [-0.1, -0.05) is 60.8 Å². The second-order valence-electron chi connectivity index (χ2n) is 17.5. The van der Waals surface area contributed by atoms with Gasteiger partial charge in [-0.25, -0.2) is 17.6 Å². The monoisotopic (exact) mass is 1600 g/mol. The van der Waals surface area contributed by atoms with Crippen LogP contribution in [0.2, 0.25) is 0 Å². The second-order valence-corrected chi connectivity index (χ2v) is 19.0. The molecule has 4 aromatic carbocycles. The van der Waals surface area contributed by atoms with Crippen LogP contribution in [0.15, 0.2) is 96.4 Å². The number of phenols is 1. The van der Waals surface area contributed by atoms with Gasteiger partial charge in [-0.2, -0.15) is 0 Å². The first kappa shape index (κ1) is 95.4. The molecule has 490 valence electrons. The third-order valence-corrected chi connectivity index (χ3v) is 13.8. The molecule has 0 aliphatic heterocycles. The van der Waals surface area contributed by atoms with Crippen LogP contribution < -0.4 is 83.1 Å². The molecule has 1 unspecified atom stereocenters. The Morgan fingerprint density at radius 3 is 1.20 bits per heavy atom. The van der Waals surface area contributed by atoms with Gasteiger partial charge in [-0.3, -0.25) is 24.0 Å². The van der Waals surface area contributed by atoms with Gasteiger partial charge in [0.2, 0.25) is 0 Å². The Kier molecular flexibility index (Phi) is 50.3. The minimum Gasteiger partial charge on any atom is -0.870 e. The average Bonchev–Trinajstić information content (AvgIpc) is 3.42. The van der Waals surface area contributed by atoms with Gasteiger partial charge >= 0.3 is 71.8 Å². The maximum absolute atomic E-state index is 14.3. The van der Waals surface area contributed by atoms with Crippen LogP contribution in [-0.2, 0) is 67.6 Å². The summed E-state index contributed by atoms with van der Waals surface area (Å²) in [6.45, 7) is 16.4. The Morgan fingerprint density at radius 1 is 0.557 bits per heavy atom. The first-order valence-electron chi connectivity index (χ1n) is 24.9. The first-order valence-corrected chi connectivity index (χ1v) is 28.9. The summed E-state index contributed by atoms with van der Waals surface area (Å²) in [7, 11) is 6.27. The second kappa shape index (κ2) is 46.4. The number of nitrogens with zero attached hydrogens (tertiary/aromatic N) is 4. The van der Waals surface area contributed by atoms with Crippen molar-refractivity contribution >= 4 is 104 Å². The molecular formula is C63H86Br2F4IKN4O12Pd. The Balaban J connectivity index is -0.000000239. The quantitative estimate of drug-likeness (QED) is 0.0218. The summed E-state index contributed by atoms with van der Waals surface area (Å²) in [5, 5.41) is 13.5. The molecule has 0 fully saturated rings. The zero-order valence-electron chi connectivity index (χ0n) is 50.6. The molecule has 2 N–H and O–H groups in total. The normalized spacial score (nSPS) is 10.1. The number of carbonyl (C=O) groups excluding carboxylic acids is 1. The molecule has 4 heterocycles. The van der Waals surface area contributed by atoms with E-state index in [-0.39, 0.29) is 173 Å². The van der Waals surface area contributed by atoms with E-state index in [2.05, 4.69) is 54.5 Å². The van der Waals surface area contributed by atoms with Crippen LogP contribution in [0.3, 0.4) is 0 Å². The molecule has 0 radical (unpaired) electrons. The zero-order valence-corrected chi connectivity index (χ0v) is 60.6. The molecule has 8 rings (SSSR count). The van der Waals surface area contributed by atoms with Gasteiger partial charge in [0, 0.05) is 99.2 Å². The third kappa shape index (κ3) is 24.8. The fraction of sp³-hybridized carbons (Fsp3) is 0.381. The molecule has 0 bridgehead atoms. The number of hydrogen-bond acceptors (Lipinski definition) is 12. The van der Waals surface area contributed by atoms with E-state index in [0.717, 1.165) is 50.3 Å². The fourth-order valence-electron chi connectivity index (χ4n) is 8.06. The van der Waals surface area contributed by atoms with Crippen LogP contribution in [0.5, 0.6) is 17.2 Å². The minimum absolute atomic E-state index is 0. The number of aromatic hydroxyl groups is 1. The van der Waals surface area contributed by atoms with E-state index in [0.29, 0.717) is 52.0 Å². The van der Waals surface area contributed by atoms with E-state index in [9.17, 15) is 46.6 Å². The Labute approximate surface area is 602 Å². The van der Waals surface area contributed by atoms with Gasteiger partial charge < -0.3 is 67.4 Å². The molecule has 0 saturated carbocycles. The van der Waals surface area contributed by atoms with Crippen molar-refractivity contribution in [2.45, 2.75) is 90.1 Å². The number of hydrogen-bond donors (Lipinski definition) is 1. The van der Waals surface area contributed by atoms with Crippen molar-refractivity contribution in [3.8, 4) is 17.2 Å². The van der Waals surface area contributed by atoms with Gasteiger partial charge in [0.15, 0.2) is 47.3 Å². The summed E-state index contributed by atoms with van der Waals surface area (Å²) in [5.74, 6) is -2.70. The molecule has 88 heavy (non-hydrogen) atoms. The number of aryl methyl sites for hydroxylation is 8. The fourth-order valence-corrected chi connectivity index (χ4v) is 8.86. The summed E-state index contributed by atoms with van der Waals surface area (Å²) in [4.78, 5) is 59.0. The van der Waals surface area contributed by atoms with Crippen molar-refractivity contribution in [3.05, 3.63) is 179 Å². The van der Waals surface area contributed by atoms with Crippen LogP contribution in [0.25, 0.3) is 43.6 Å². The number of pyridine rings is 4. The van der Waals surface area contributed by atoms with Crippen LogP contribution >= 0.6 is 54.5 Å². The summed E-state index contributed by atoms with van der Waals surface area (Å²) in [6.07, 6.45) is 0.318. The zero-order chi connectivity index (χ0) is 60.3. The third-order valence-electron chi connectivity index (χ3n) is 12.1. The molecule has 16 nitrogen and oxygen atoms in total. The predicted molar refractivity (Wildman–Crippen MR) is 359 cm³/mol.